The molecule has 1 aliphatic heterocycles. The maximum atomic E-state index is 11.4. The van der Waals surface area contributed by atoms with Crippen LogP contribution in [0.4, 0.5) is 5.82 Å². The van der Waals surface area contributed by atoms with Gasteiger partial charge in [-0.25, -0.2) is 9.97 Å². The number of amides is 1. The Labute approximate surface area is 170 Å². The van der Waals surface area contributed by atoms with Crippen LogP contribution in [0.5, 0.6) is 0 Å². The van der Waals surface area contributed by atoms with Crippen molar-refractivity contribution >= 4 is 34.4 Å². The number of hydrogen-bond acceptors (Lipinski definition) is 7. The molecule has 0 saturated carbocycles. The average Bonchev–Trinajstić information content (AvgIpc) is 3.24. The summed E-state index contributed by atoms with van der Waals surface area (Å²) < 4.78 is 7.37. The number of fused-ring (bicyclic) bond motifs is 1. The minimum atomic E-state index is -1.33. The van der Waals surface area contributed by atoms with Gasteiger partial charge in [-0.2, -0.15) is 0 Å². The number of ether oxygens (including phenoxy) is 1. The highest BCUT2D eigenvalue weighted by Gasteiger charge is 2.47. The fraction of sp³-hybridized carbons (Fsp3) is 0.316. The molecule has 9 nitrogen and oxygen atoms in total. The van der Waals surface area contributed by atoms with E-state index in [-0.39, 0.29) is 5.91 Å². The van der Waals surface area contributed by atoms with Gasteiger partial charge in [0.25, 0.3) is 0 Å². The number of aliphatic hydroxyl groups is 3. The number of aromatic nitrogens is 3. The first-order valence-electron chi connectivity index (χ1n) is 8.91. The number of carbonyl (C=O) groups is 1. The Bertz CT molecular complexity index is 1040. The predicted octanol–water partition coefficient (Wildman–Crippen LogP) is 1.40. The summed E-state index contributed by atoms with van der Waals surface area (Å²) >= 11 is 5.87. The number of nitrogens with one attached hydrogen (secondary N) is 1. The lowest BCUT2D eigenvalue weighted by atomic mass is 9.99. The zero-order valence-corrected chi connectivity index (χ0v) is 16.1. The maximum Gasteiger partial charge on any atom is 0.222 e. The molecule has 29 heavy (non-hydrogen) atoms. The van der Waals surface area contributed by atoms with E-state index < -0.39 is 30.6 Å². The van der Waals surface area contributed by atoms with Crippen molar-refractivity contribution < 1.29 is 24.9 Å². The van der Waals surface area contributed by atoms with E-state index in [9.17, 15) is 20.1 Å². The van der Waals surface area contributed by atoms with Gasteiger partial charge < -0.3 is 29.9 Å². The SMILES string of the molecule is CC(=O)Nc1ncnc2c1ccn2[C@@H]1O[C@H]([C@H](O)c2ccc(Cl)cc2)[C@@H](O)[C@H]1O. The second-order valence-corrected chi connectivity index (χ2v) is 7.27. The monoisotopic (exact) mass is 418 g/mol. The van der Waals surface area contributed by atoms with Gasteiger partial charge in [0.05, 0.1) is 5.39 Å². The molecule has 3 aromatic rings. The average molecular weight is 419 g/mol. The molecule has 10 heteroatoms. The Morgan fingerprint density at radius 1 is 1.21 bits per heavy atom. The highest BCUT2D eigenvalue weighted by molar-refractivity contribution is 6.30. The molecule has 3 heterocycles. The van der Waals surface area contributed by atoms with Crippen molar-refractivity contribution in [1.29, 1.82) is 0 Å². The second kappa shape index (κ2) is 7.69. The normalized spacial score (nSPS) is 25.3. The first kappa shape index (κ1) is 19.7. The van der Waals surface area contributed by atoms with E-state index in [1.807, 2.05) is 0 Å². The summed E-state index contributed by atoms with van der Waals surface area (Å²) in [6.45, 7) is 1.37. The Hall–Kier alpha value is -2.56. The molecule has 152 valence electrons. The summed E-state index contributed by atoms with van der Waals surface area (Å²) in [7, 11) is 0. The number of nitrogens with zero attached hydrogens (tertiary/aromatic N) is 3. The van der Waals surface area contributed by atoms with Gasteiger partial charge in [-0.15, -0.1) is 0 Å². The third-order valence-electron chi connectivity index (χ3n) is 4.88. The number of anilines is 1. The molecule has 2 aromatic heterocycles. The highest BCUT2D eigenvalue weighted by Crippen LogP contribution is 2.38. The van der Waals surface area contributed by atoms with Crippen LogP contribution in [0.2, 0.25) is 5.02 Å². The highest BCUT2D eigenvalue weighted by atomic mass is 35.5. The fourth-order valence-corrected chi connectivity index (χ4v) is 3.59. The van der Waals surface area contributed by atoms with Crippen LogP contribution in [-0.4, -0.2) is 54.1 Å². The third kappa shape index (κ3) is 3.59. The largest absolute Gasteiger partial charge is 0.387 e. The Kier molecular flexibility index (Phi) is 5.24. The molecule has 0 radical (unpaired) electrons. The summed E-state index contributed by atoms with van der Waals surface area (Å²) in [4.78, 5) is 19.6. The molecule has 0 bridgehead atoms. The van der Waals surface area contributed by atoms with E-state index >= 15 is 0 Å². The van der Waals surface area contributed by atoms with Crippen LogP contribution in [0.3, 0.4) is 0 Å². The minimum Gasteiger partial charge on any atom is -0.387 e. The molecule has 0 unspecified atom stereocenters. The van der Waals surface area contributed by atoms with Crippen LogP contribution in [-0.2, 0) is 9.53 Å². The molecule has 1 saturated heterocycles. The maximum absolute atomic E-state index is 11.4. The van der Waals surface area contributed by atoms with Crippen LogP contribution >= 0.6 is 11.6 Å². The number of rotatable bonds is 4. The topological polar surface area (TPSA) is 130 Å². The number of carbonyl (C=O) groups excluding carboxylic acids is 1. The minimum absolute atomic E-state index is 0.281. The van der Waals surface area contributed by atoms with E-state index in [1.165, 1.54) is 17.8 Å². The van der Waals surface area contributed by atoms with E-state index in [4.69, 9.17) is 16.3 Å². The molecule has 4 rings (SSSR count). The molecule has 1 aliphatic rings. The Morgan fingerprint density at radius 3 is 2.62 bits per heavy atom. The quantitative estimate of drug-likeness (QED) is 0.503. The molecular formula is C19H19ClN4O5. The van der Waals surface area contributed by atoms with E-state index in [2.05, 4.69) is 15.3 Å². The molecule has 4 N–H and O–H groups in total. The van der Waals surface area contributed by atoms with E-state index in [0.717, 1.165) is 0 Å². The van der Waals surface area contributed by atoms with E-state index in [1.54, 1.807) is 36.5 Å². The van der Waals surface area contributed by atoms with Crippen molar-refractivity contribution in [3.05, 3.63) is 53.4 Å². The van der Waals surface area contributed by atoms with Crippen molar-refractivity contribution in [2.24, 2.45) is 0 Å². The standard InChI is InChI=1S/C19H19ClN4O5/c1-9(25)23-17-12-6-7-24(18(12)22-8-21-17)19-15(28)14(27)16(29-19)13(26)10-2-4-11(20)5-3-10/h2-8,13-16,19,26-28H,1H3,(H,21,22,23,25)/t13-,14+,15-,16-,19-/m1/s1. The second-order valence-electron chi connectivity index (χ2n) is 6.83. The molecule has 1 amide bonds. The first-order chi connectivity index (χ1) is 13.9. The van der Waals surface area contributed by atoms with Gasteiger partial charge in [-0.05, 0) is 23.8 Å². The van der Waals surface area contributed by atoms with Crippen LogP contribution < -0.4 is 5.32 Å². The number of benzene rings is 1. The predicted molar refractivity (Wildman–Crippen MR) is 104 cm³/mol. The fourth-order valence-electron chi connectivity index (χ4n) is 3.47. The van der Waals surface area contributed by atoms with Gasteiger partial charge in [0.2, 0.25) is 5.91 Å². The van der Waals surface area contributed by atoms with Crippen LogP contribution in [0.15, 0.2) is 42.9 Å². The Morgan fingerprint density at radius 2 is 1.93 bits per heavy atom. The van der Waals surface area contributed by atoms with Crippen LogP contribution in [0, 0.1) is 0 Å². The molecule has 0 aliphatic carbocycles. The summed E-state index contributed by atoms with van der Waals surface area (Å²) in [5, 5.41) is 35.4. The van der Waals surface area contributed by atoms with E-state index in [0.29, 0.717) is 27.4 Å². The van der Waals surface area contributed by atoms with Gasteiger partial charge >= 0.3 is 0 Å². The number of hydrogen-bond donors (Lipinski definition) is 4. The lowest BCUT2D eigenvalue weighted by molar-refractivity contribution is -0.114. The summed E-state index contributed by atoms with van der Waals surface area (Å²) in [6.07, 6.45) is -2.98. The van der Waals surface area contributed by atoms with Crippen LogP contribution in [0.25, 0.3) is 11.0 Å². The molecular weight excluding hydrogens is 400 g/mol. The first-order valence-corrected chi connectivity index (χ1v) is 9.29. The van der Waals surface area contributed by atoms with Gasteiger partial charge in [-0.1, -0.05) is 23.7 Å². The third-order valence-corrected chi connectivity index (χ3v) is 5.13. The summed E-state index contributed by atoms with van der Waals surface area (Å²) in [5.41, 5.74) is 0.903. The molecule has 1 fully saturated rings. The van der Waals surface area contributed by atoms with Crippen molar-refractivity contribution in [3.63, 3.8) is 0 Å². The summed E-state index contributed by atoms with van der Waals surface area (Å²) in [5.74, 6) is 0.0449. The van der Waals surface area contributed by atoms with Gasteiger partial charge in [0.1, 0.15) is 42.2 Å². The van der Waals surface area contributed by atoms with Crippen molar-refractivity contribution in [2.45, 2.75) is 37.6 Å². The number of halogens is 1. The van der Waals surface area contributed by atoms with Crippen molar-refractivity contribution in [3.8, 4) is 0 Å². The van der Waals surface area contributed by atoms with Crippen molar-refractivity contribution in [2.75, 3.05) is 5.32 Å². The van der Waals surface area contributed by atoms with Crippen LogP contribution in [0.1, 0.15) is 24.8 Å². The Balaban J connectivity index is 1.64. The van der Waals surface area contributed by atoms with Crippen molar-refractivity contribution in [1.82, 2.24) is 14.5 Å². The summed E-state index contributed by atoms with van der Waals surface area (Å²) in [6, 6.07) is 8.16. The zero-order valence-electron chi connectivity index (χ0n) is 15.3. The van der Waals surface area contributed by atoms with Gasteiger partial charge in [0.15, 0.2) is 6.23 Å². The number of aliphatic hydroxyl groups excluding tert-OH is 3. The molecule has 5 atom stereocenters. The molecule has 1 aromatic carbocycles. The van der Waals surface area contributed by atoms with Gasteiger partial charge in [0, 0.05) is 18.1 Å². The zero-order chi connectivity index (χ0) is 20.7. The van der Waals surface area contributed by atoms with Gasteiger partial charge in [-0.3, -0.25) is 4.79 Å². The molecule has 0 spiro atoms. The lowest BCUT2D eigenvalue weighted by Crippen LogP contribution is -2.34. The lowest BCUT2D eigenvalue weighted by Gasteiger charge is -2.21. The smallest absolute Gasteiger partial charge is 0.222 e.